The minimum absolute atomic E-state index is 0. The van der Waals surface area contributed by atoms with Crippen LogP contribution < -0.4 is 0 Å². The summed E-state index contributed by atoms with van der Waals surface area (Å²) < 4.78 is 0. The molecular formula is C5H7N2ORf-. The van der Waals surface area contributed by atoms with E-state index in [0.29, 0.717) is 12.4 Å². The van der Waals surface area contributed by atoms with Crippen LogP contribution in [0, 0.1) is 0 Å². The Kier molecular flexibility index (Phi) is 1.45. The number of carbonyl (C=O) groups excluding carboxylic acids is 1. The fourth-order valence-corrected chi connectivity index (χ4v) is 0.544. The second-order valence-electron chi connectivity index (χ2n) is 1.75. The molecule has 0 bridgehead atoms. The number of likely N-dealkylation sites (N-methyl/N-ethyl adjacent to an activating group) is 1. The van der Waals surface area contributed by atoms with Crippen LogP contribution in [0.4, 0.5) is 0 Å². The largest absolute Gasteiger partial charge is 0.664 e. The van der Waals surface area contributed by atoms with E-state index in [2.05, 4.69) is 11.9 Å². The molecule has 3 nitrogen and oxygen atoms in total. The van der Waals surface area contributed by atoms with Crippen molar-refractivity contribution in [2.24, 2.45) is 0 Å². The van der Waals surface area contributed by atoms with Gasteiger partial charge in [-0.15, -0.1) is 6.58 Å². The number of carbonyl (C=O) groups is 1. The molecule has 4 heteroatoms. The first-order valence-corrected chi connectivity index (χ1v) is 2.33. The zero-order valence-electron chi connectivity index (χ0n) is 5.42. The van der Waals surface area contributed by atoms with E-state index in [1.165, 1.54) is 4.90 Å². The van der Waals surface area contributed by atoms with Gasteiger partial charge in [-0.05, 0) is 0 Å². The van der Waals surface area contributed by atoms with Crippen LogP contribution in [-0.2, 0) is 4.79 Å². The second-order valence-corrected chi connectivity index (χ2v) is 1.75. The zero-order valence-corrected chi connectivity index (χ0v) is 11.8. The molecule has 0 atom stereocenters. The first-order chi connectivity index (χ1) is 3.72. The maximum absolute atomic E-state index is 10.6. The fraction of sp³-hybridized carbons (Fsp3) is 0.400. The van der Waals surface area contributed by atoms with E-state index < -0.39 is 0 Å². The van der Waals surface area contributed by atoms with E-state index >= 15 is 0 Å². The first kappa shape index (κ1) is 7.01. The van der Waals surface area contributed by atoms with Crippen LogP contribution in [-0.4, -0.2) is 24.5 Å². The molecule has 9 heavy (non-hydrogen) atoms. The summed E-state index contributed by atoms with van der Waals surface area (Å²) in [5.41, 5.74) is 0.368. The summed E-state index contributed by atoms with van der Waals surface area (Å²) in [6, 6.07) is 0. The molecule has 1 saturated heterocycles. The number of hydrogen-bond acceptors (Lipinski definition) is 1. The summed E-state index contributed by atoms with van der Waals surface area (Å²) in [5.74, 6) is -0.0648. The molecule has 0 saturated carbocycles. The standard InChI is InChI=1S/C5H7N2O.Rf/c1-4-5(8)7(2)3-6-4;/h1,3H2,2H3;/q-1;. The Balaban J connectivity index is 0.000000640. The minimum Gasteiger partial charge on any atom is -0.664 e. The number of rotatable bonds is 0. The Morgan fingerprint density at radius 2 is 2.33 bits per heavy atom. The van der Waals surface area contributed by atoms with E-state index in [1.54, 1.807) is 7.05 Å². The van der Waals surface area contributed by atoms with Gasteiger partial charge in [0.2, 0.25) is 5.91 Å². The van der Waals surface area contributed by atoms with Crippen molar-refractivity contribution >= 4 is 5.91 Å². The fourth-order valence-electron chi connectivity index (χ4n) is 0.544. The predicted molar refractivity (Wildman–Crippen MR) is 30.1 cm³/mol. The van der Waals surface area contributed by atoms with Crippen molar-refractivity contribution in [2.45, 2.75) is 0 Å². The van der Waals surface area contributed by atoms with Gasteiger partial charge < -0.3 is 10.2 Å². The third-order valence-electron chi connectivity index (χ3n) is 1.07. The molecule has 1 rings (SSSR count). The van der Waals surface area contributed by atoms with Crippen LogP contribution in [0.25, 0.3) is 5.32 Å². The molecule has 0 spiro atoms. The third kappa shape index (κ3) is 0.797. The second kappa shape index (κ2) is 1.86. The number of hydrogen-bond donors (Lipinski definition) is 0. The minimum atomic E-state index is -0.0648. The summed E-state index contributed by atoms with van der Waals surface area (Å²) in [5, 5.41) is 3.78. The van der Waals surface area contributed by atoms with E-state index in [9.17, 15) is 4.79 Å². The summed E-state index contributed by atoms with van der Waals surface area (Å²) in [6.45, 7) is 3.90. The van der Waals surface area contributed by atoms with Crippen LogP contribution in [0.15, 0.2) is 12.3 Å². The zero-order chi connectivity index (χ0) is 6.15. The average Bonchev–Trinajstić information content (AvgIpc) is 1.98. The Hall–Kier alpha value is -1.99. The van der Waals surface area contributed by atoms with Crippen LogP contribution >= 0.6 is 0 Å². The SMILES string of the molecule is C=C1[N-]CN(C)C1=O.[Rf]. The van der Waals surface area contributed by atoms with Crippen molar-refractivity contribution < 1.29 is 4.79 Å². The molecule has 0 radical (unpaired) electrons. The van der Waals surface area contributed by atoms with Crippen LogP contribution in [0.3, 0.4) is 0 Å². The molecule has 0 aromatic heterocycles. The van der Waals surface area contributed by atoms with E-state index in [1.807, 2.05) is 0 Å². The maximum atomic E-state index is 10.6. The van der Waals surface area contributed by atoms with Gasteiger partial charge >= 0.3 is 0 Å². The Labute approximate surface area is 48.0 Å². The van der Waals surface area contributed by atoms with Gasteiger partial charge in [0.25, 0.3) is 0 Å². The Morgan fingerprint density at radius 1 is 1.78 bits per heavy atom. The van der Waals surface area contributed by atoms with E-state index in [4.69, 9.17) is 0 Å². The molecule has 1 aliphatic heterocycles. The van der Waals surface area contributed by atoms with Gasteiger partial charge in [-0.3, -0.25) is 4.79 Å². The molecule has 0 aromatic rings. The molecule has 1 amide bonds. The summed E-state index contributed by atoms with van der Waals surface area (Å²) in [6.07, 6.45) is 0. The predicted octanol–water partition coefficient (Wildman–Crippen LogP) is 0.303. The van der Waals surface area contributed by atoms with E-state index in [0.717, 1.165) is 0 Å². The van der Waals surface area contributed by atoms with Gasteiger partial charge in [0.15, 0.2) is 0 Å². The maximum Gasteiger partial charge on any atom is 0.229 e. The quantitative estimate of drug-likeness (QED) is 0.559. The average molecular weight is 378 g/mol. The van der Waals surface area contributed by atoms with Gasteiger partial charge in [-0.2, -0.15) is 0 Å². The molecular weight excluding hydrogens is 371 g/mol. The smallest absolute Gasteiger partial charge is 0.229 e. The molecule has 0 unspecified atom stereocenters. The van der Waals surface area contributed by atoms with Gasteiger partial charge in [-0.25, -0.2) is 0 Å². The molecule has 1 aliphatic rings. The van der Waals surface area contributed by atoms with Gasteiger partial charge in [0.1, 0.15) is 0 Å². The van der Waals surface area contributed by atoms with Crippen LogP contribution in [0.1, 0.15) is 0 Å². The Bertz CT molecular complexity index is 146. The van der Waals surface area contributed by atoms with Crippen molar-refractivity contribution in [2.75, 3.05) is 13.7 Å². The van der Waals surface area contributed by atoms with Crippen molar-refractivity contribution in [3.8, 4) is 0 Å². The summed E-state index contributed by atoms with van der Waals surface area (Å²) in [7, 11) is 1.70. The monoisotopic (exact) mass is 378 g/mol. The van der Waals surface area contributed by atoms with Gasteiger partial charge in [-0.1, -0.05) is 12.4 Å². The van der Waals surface area contributed by atoms with Crippen LogP contribution in [0.2, 0.25) is 0 Å². The van der Waals surface area contributed by atoms with Crippen LogP contribution in [0.5, 0.6) is 0 Å². The number of amides is 1. The van der Waals surface area contributed by atoms with Gasteiger partial charge in [0, 0.05) is 7.05 Å². The van der Waals surface area contributed by atoms with Crippen molar-refractivity contribution in [3.63, 3.8) is 0 Å². The van der Waals surface area contributed by atoms with Crippen molar-refractivity contribution in [1.29, 1.82) is 0 Å². The normalized spacial score (nSPS) is 17.2. The van der Waals surface area contributed by atoms with Crippen molar-refractivity contribution in [3.05, 3.63) is 17.6 Å². The molecule has 0 aliphatic carbocycles. The molecule has 1 fully saturated rings. The van der Waals surface area contributed by atoms with E-state index in [-0.39, 0.29) is 5.91 Å². The first-order valence-electron chi connectivity index (χ1n) is 2.33. The molecule has 46 valence electrons. The molecule has 0 N–H and O–H groups in total. The number of nitrogens with zero attached hydrogens (tertiary/aromatic N) is 2. The molecule has 1 heterocycles. The Morgan fingerprint density at radius 3 is 2.44 bits per heavy atom. The molecule has 0 aromatic carbocycles. The summed E-state index contributed by atoms with van der Waals surface area (Å²) in [4.78, 5) is 12.2. The van der Waals surface area contributed by atoms with Gasteiger partial charge in [0.05, 0.1) is 0 Å². The van der Waals surface area contributed by atoms with Crippen molar-refractivity contribution in [1.82, 2.24) is 4.90 Å². The third-order valence-corrected chi connectivity index (χ3v) is 1.07. The summed E-state index contributed by atoms with van der Waals surface area (Å²) >= 11 is 0. The topological polar surface area (TPSA) is 34.4 Å².